The normalized spacial score (nSPS) is 15.9. The number of hydrogen-bond donors (Lipinski definition) is 3. The predicted molar refractivity (Wildman–Crippen MR) is 114 cm³/mol. The quantitative estimate of drug-likeness (QED) is 0.556. The van der Waals surface area contributed by atoms with E-state index in [0.29, 0.717) is 25.7 Å². The average molecular weight is 406 g/mol. The summed E-state index contributed by atoms with van der Waals surface area (Å²) in [7, 11) is 1.62. The van der Waals surface area contributed by atoms with Crippen LogP contribution < -0.4 is 16.0 Å². The van der Waals surface area contributed by atoms with E-state index in [-0.39, 0.29) is 12.5 Å². The zero-order valence-corrected chi connectivity index (χ0v) is 17.4. The van der Waals surface area contributed by atoms with Gasteiger partial charge in [-0.2, -0.15) is 0 Å². The molecule has 0 aromatic carbocycles. The Hall–Kier alpha value is -1.77. The Morgan fingerprint density at radius 3 is 2.79 bits per heavy atom. The van der Waals surface area contributed by atoms with E-state index in [4.69, 9.17) is 4.74 Å². The van der Waals surface area contributed by atoms with Crippen molar-refractivity contribution in [2.75, 3.05) is 32.1 Å². The third-order valence-electron chi connectivity index (χ3n) is 5.04. The number of aromatic nitrogens is 2. The van der Waals surface area contributed by atoms with Crippen molar-refractivity contribution in [3.05, 3.63) is 17.3 Å². The van der Waals surface area contributed by atoms with Crippen molar-refractivity contribution in [3.63, 3.8) is 0 Å². The number of fused-ring (bicyclic) bond motifs is 1. The molecule has 7 nitrogen and oxygen atoms in total. The fourth-order valence-corrected chi connectivity index (χ4v) is 4.52. The first-order valence-electron chi connectivity index (χ1n) is 10.2. The average Bonchev–Trinajstić information content (AvgIpc) is 3.08. The summed E-state index contributed by atoms with van der Waals surface area (Å²) >= 11 is 1.65. The molecule has 0 atom stereocenters. The third-order valence-corrected chi connectivity index (χ3v) is 6.08. The molecule has 1 fully saturated rings. The van der Waals surface area contributed by atoms with Gasteiger partial charge >= 0.3 is 0 Å². The standard InChI is InChI=1S/C20H31N5O2S/c1-27-10-9-22-18(26)13-21-12-16-11-17-19(23-14-24-20(17)28-16)25-15-7-5-3-2-4-6-8-15/h11,14-15,21H,2-10,12-13H2,1H3,(H,22,26)(H,23,24,25). The smallest absolute Gasteiger partial charge is 0.234 e. The van der Waals surface area contributed by atoms with E-state index in [1.807, 2.05) is 0 Å². The molecular formula is C20H31N5O2S. The summed E-state index contributed by atoms with van der Waals surface area (Å²) in [5.41, 5.74) is 0. The maximum Gasteiger partial charge on any atom is 0.234 e. The van der Waals surface area contributed by atoms with E-state index in [2.05, 4.69) is 32.0 Å². The Labute approximate surface area is 170 Å². The second kappa shape index (κ2) is 11.3. The van der Waals surface area contributed by atoms with Crippen LogP contribution in [0.3, 0.4) is 0 Å². The third kappa shape index (κ3) is 6.39. The zero-order valence-electron chi connectivity index (χ0n) is 16.6. The summed E-state index contributed by atoms with van der Waals surface area (Å²) in [4.78, 5) is 22.8. The fraction of sp³-hybridized carbons (Fsp3) is 0.650. The van der Waals surface area contributed by atoms with Crippen molar-refractivity contribution >= 4 is 33.3 Å². The molecule has 2 heterocycles. The lowest BCUT2D eigenvalue weighted by Gasteiger charge is -2.21. The van der Waals surface area contributed by atoms with E-state index in [1.165, 1.54) is 44.9 Å². The first kappa shape index (κ1) is 21.0. The van der Waals surface area contributed by atoms with Crippen LogP contribution in [0.2, 0.25) is 0 Å². The summed E-state index contributed by atoms with van der Waals surface area (Å²) in [6.07, 6.45) is 10.7. The van der Waals surface area contributed by atoms with Crippen molar-refractivity contribution in [1.29, 1.82) is 0 Å². The number of ether oxygens (including phenoxy) is 1. The number of thiophene rings is 1. The van der Waals surface area contributed by atoms with Crippen LogP contribution in [0.5, 0.6) is 0 Å². The molecule has 28 heavy (non-hydrogen) atoms. The second-order valence-electron chi connectivity index (χ2n) is 7.29. The van der Waals surface area contributed by atoms with Crippen LogP contribution in [0.25, 0.3) is 10.2 Å². The maximum absolute atomic E-state index is 11.8. The van der Waals surface area contributed by atoms with Crippen LogP contribution >= 0.6 is 11.3 Å². The number of anilines is 1. The van der Waals surface area contributed by atoms with Gasteiger partial charge in [0.25, 0.3) is 0 Å². The van der Waals surface area contributed by atoms with Crippen LogP contribution in [0.4, 0.5) is 5.82 Å². The topological polar surface area (TPSA) is 88.2 Å². The molecule has 154 valence electrons. The number of rotatable bonds is 9. The lowest BCUT2D eigenvalue weighted by Crippen LogP contribution is -2.35. The summed E-state index contributed by atoms with van der Waals surface area (Å²) < 4.78 is 4.93. The number of nitrogens with one attached hydrogen (secondary N) is 3. The number of amides is 1. The summed E-state index contributed by atoms with van der Waals surface area (Å²) in [5, 5.41) is 10.7. The first-order chi connectivity index (χ1) is 13.8. The lowest BCUT2D eigenvalue weighted by atomic mass is 9.97. The Kier molecular flexibility index (Phi) is 8.44. The molecule has 0 spiro atoms. The van der Waals surface area contributed by atoms with Gasteiger partial charge in [0, 0.05) is 31.1 Å². The summed E-state index contributed by atoms with van der Waals surface area (Å²) in [5.74, 6) is 0.917. The largest absolute Gasteiger partial charge is 0.383 e. The molecule has 0 unspecified atom stereocenters. The minimum Gasteiger partial charge on any atom is -0.383 e. The Morgan fingerprint density at radius 2 is 2.00 bits per heavy atom. The van der Waals surface area contributed by atoms with Crippen LogP contribution in [-0.4, -0.2) is 48.7 Å². The van der Waals surface area contributed by atoms with Gasteiger partial charge in [0.1, 0.15) is 17.0 Å². The van der Waals surface area contributed by atoms with Crippen LogP contribution in [0.15, 0.2) is 12.4 Å². The van der Waals surface area contributed by atoms with Gasteiger partial charge in [-0.15, -0.1) is 11.3 Å². The van der Waals surface area contributed by atoms with Crippen molar-refractivity contribution < 1.29 is 9.53 Å². The van der Waals surface area contributed by atoms with Gasteiger partial charge in [0.2, 0.25) is 5.91 Å². The van der Waals surface area contributed by atoms with E-state index >= 15 is 0 Å². The lowest BCUT2D eigenvalue weighted by molar-refractivity contribution is -0.120. The second-order valence-corrected chi connectivity index (χ2v) is 8.40. The molecule has 1 saturated carbocycles. The fourth-order valence-electron chi connectivity index (χ4n) is 3.56. The number of carbonyl (C=O) groups excluding carboxylic acids is 1. The van der Waals surface area contributed by atoms with E-state index in [1.54, 1.807) is 24.8 Å². The SMILES string of the molecule is COCCNC(=O)CNCc1cc2c(NC3CCCCCCC3)ncnc2s1. The van der Waals surface area contributed by atoms with Crippen molar-refractivity contribution in [2.45, 2.75) is 57.5 Å². The van der Waals surface area contributed by atoms with Gasteiger partial charge in [-0.05, 0) is 18.9 Å². The predicted octanol–water partition coefficient (Wildman–Crippen LogP) is 3.07. The highest BCUT2D eigenvalue weighted by atomic mass is 32.1. The molecule has 1 aliphatic rings. The Morgan fingerprint density at radius 1 is 1.21 bits per heavy atom. The molecule has 2 aromatic rings. The molecule has 3 rings (SSSR count). The van der Waals surface area contributed by atoms with Gasteiger partial charge in [-0.3, -0.25) is 4.79 Å². The molecule has 2 aromatic heterocycles. The number of hydrogen-bond acceptors (Lipinski definition) is 7. The van der Waals surface area contributed by atoms with Crippen molar-refractivity contribution in [3.8, 4) is 0 Å². The number of nitrogens with zero attached hydrogens (tertiary/aromatic N) is 2. The maximum atomic E-state index is 11.8. The number of carbonyl (C=O) groups is 1. The van der Waals surface area contributed by atoms with Crippen molar-refractivity contribution in [1.82, 2.24) is 20.6 Å². The molecule has 0 saturated heterocycles. The minimum atomic E-state index is -0.0235. The van der Waals surface area contributed by atoms with Gasteiger partial charge in [0.15, 0.2) is 0 Å². The van der Waals surface area contributed by atoms with Crippen LogP contribution in [0, 0.1) is 0 Å². The highest BCUT2D eigenvalue weighted by molar-refractivity contribution is 7.18. The first-order valence-corrected chi connectivity index (χ1v) is 11.0. The highest BCUT2D eigenvalue weighted by Gasteiger charge is 2.15. The van der Waals surface area contributed by atoms with Crippen LogP contribution in [-0.2, 0) is 16.1 Å². The summed E-state index contributed by atoms with van der Waals surface area (Å²) in [6.45, 7) is 1.99. The molecule has 0 bridgehead atoms. The Bertz CT molecular complexity index is 743. The Balaban J connectivity index is 1.55. The molecule has 1 aliphatic carbocycles. The van der Waals surface area contributed by atoms with Gasteiger partial charge in [0.05, 0.1) is 18.5 Å². The van der Waals surface area contributed by atoms with Gasteiger partial charge in [-0.25, -0.2) is 9.97 Å². The molecule has 0 aliphatic heterocycles. The summed E-state index contributed by atoms with van der Waals surface area (Å²) in [6, 6.07) is 2.64. The van der Waals surface area contributed by atoms with Crippen molar-refractivity contribution in [2.24, 2.45) is 0 Å². The van der Waals surface area contributed by atoms with Crippen LogP contribution in [0.1, 0.15) is 49.8 Å². The minimum absolute atomic E-state index is 0.0235. The van der Waals surface area contributed by atoms with E-state index in [9.17, 15) is 4.79 Å². The molecule has 1 amide bonds. The number of methoxy groups -OCH3 is 1. The van der Waals surface area contributed by atoms with E-state index in [0.717, 1.165) is 20.9 Å². The van der Waals surface area contributed by atoms with Gasteiger partial charge in [-0.1, -0.05) is 32.1 Å². The van der Waals surface area contributed by atoms with Gasteiger partial charge < -0.3 is 20.7 Å². The monoisotopic (exact) mass is 405 g/mol. The molecular weight excluding hydrogens is 374 g/mol. The zero-order chi connectivity index (χ0) is 19.6. The molecule has 3 N–H and O–H groups in total. The highest BCUT2D eigenvalue weighted by Crippen LogP contribution is 2.29. The van der Waals surface area contributed by atoms with E-state index < -0.39 is 0 Å². The molecule has 0 radical (unpaired) electrons. The molecule has 8 heteroatoms.